The lowest BCUT2D eigenvalue weighted by Gasteiger charge is -2.14. The predicted octanol–water partition coefficient (Wildman–Crippen LogP) is -0.0227. The lowest BCUT2D eigenvalue weighted by molar-refractivity contribution is -0.118. The van der Waals surface area contributed by atoms with E-state index in [-0.39, 0.29) is 22.9 Å². The van der Waals surface area contributed by atoms with E-state index in [2.05, 4.69) is 0 Å². The van der Waals surface area contributed by atoms with Gasteiger partial charge < -0.3 is 9.84 Å². The van der Waals surface area contributed by atoms with Crippen molar-refractivity contribution in [1.82, 2.24) is 0 Å². The molecule has 0 spiro atoms. The average Bonchev–Trinajstić information content (AvgIpc) is 2.10. The van der Waals surface area contributed by atoms with Gasteiger partial charge in [0.25, 0.3) is 0 Å². The molecule has 0 bridgehead atoms. The van der Waals surface area contributed by atoms with Gasteiger partial charge in [0.2, 0.25) is 5.78 Å². The zero-order chi connectivity index (χ0) is 10.0. The van der Waals surface area contributed by atoms with Gasteiger partial charge in [-0.3, -0.25) is 9.59 Å². The quantitative estimate of drug-likeness (QED) is 0.609. The van der Waals surface area contributed by atoms with Gasteiger partial charge in [0.15, 0.2) is 11.5 Å². The van der Waals surface area contributed by atoms with Gasteiger partial charge in [-0.2, -0.15) is 0 Å². The number of methoxy groups -OCH3 is 1. The fourth-order valence-corrected chi connectivity index (χ4v) is 1.14. The number of hydrogen-bond donors (Lipinski definition) is 1. The van der Waals surface area contributed by atoms with Crippen molar-refractivity contribution in [2.45, 2.75) is 6.92 Å². The number of hydrogen-bond acceptors (Lipinski definition) is 4. The third kappa shape index (κ3) is 1.53. The maximum Gasteiger partial charge on any atom is 0.223 e. The summed E-state index contributed by atoms with van der Waals surface area (Å²) in [6.45, 7) is 1.06. The summed E-state index contributed by atoms with van der Waals surface area (Å²) in [5, 5.41) is 8.83. The Morgan fingerprint density at radius 1 is 1.46 bits per heavy atom. The van der Waals surface area contributed by atoms with Crippen molar-refractivity contribution in [3.63, 3.8) is 0 Å². The van der Waals surface area contributed by atoms with Gasteiger partial charge in [-0.25, -0.2) is 0 Å². The Morgan fingerprint density at radius 3 is 2.54 bits per heavy atom. The first-order chi connectivity index (χ1) is 6.11. The molecule has 1 N–H and O–H groups in total. The van der Waals surface area contributed by atoms with Crippen LogP contribution >= 0.6 is 0 Å². The first-order valence-corrected chi connectivity index (χ1v) is 3.77. The summed E-state index contributed by atoms with van der Waals surface area (Å²) in [6.07, 6.45) is 1.20. The van der Waals surface area contributed by atoms with Gasteiger partial charge in [0.1, 0.15) is 0 Å². The monoisotopic (exact) mass is 182 g/mol. The molecule has 0 aromatic rings. The van der Waals surface area contributed by atoms with E-state index < -0.39 is 6.61 Å². The Morgan fingerprint density at radius 2 is 2.08 bits per heavy atom. The van der Waals surface area contributed by atoms with Crippen LogP contribution in [0.5, 0.6) is 0 Å². The van der Waals surface area contributed by atoms with E-state index in [4.69, 9.17) is 9.84 Å². The van der Waals surface area contributed by atoms with E-state index in [1.807, 2.05) is 0 Å². The van der Waals surface area contributed by atoms with E-state index in [1.165, 1.54) is 20.1 Å². The number of allylic oxidation sites excluding steroid dienone is 2. The third-order valence-electron chi connectivity index (χ3n) is 1.85. The Hall–Kier alpha value is -1.42. The molecule has 1 aliphatic carbocycles. The first kappa shape index (κ1) is 9.67. The minimum Gasteiger partial charge on any atom is -0.492 e. The molecule has 0 saturated heterocycles. The molecule has 0 heterocycles. The number of carbonyl (C=O) groups is 2. The second kappa shape index (κ2) is 3.53. The fraction of sp³-hybridized carbons (Fsp3) is 0.333. The molecule has 13 heavy (non-hydrogen) atoms. The van der Waals surface area contributed by atoms with Crippen molar-refractivity contribution in [3.05, 3.63) is 23.0 Å². The predicted molar refractivity (Wildman–Crippen MR) is 44.9 cm³/mol. The summed E-state index contributed by atoms with van der Waals surface area (Å²) in [4.78, 5) is 22.6. The van der Waals surface area contributed by atoms with Crippen molar-refractivity contribution in [2.24, 2.45) is 0 Å². The van der Waals surface area contributed by atoms with Crippen LogP contribution in [-0.4, -0.2) is 30.4 Å². The molecule has 0 radical (unpaired) electrons. The maximum atomic E-state index is 11.4. The highest BCUT2D eigenvalue weighted by molar-refractivity contribution is 6.21. The second-order valence-corrected chi connectivity index (χ2v) is 2.69. The van der Waals surface area contributed by atoms with Crippen molar-refractivity contribution in [2.75, 3.05) is 13.7 Å². The van der Waals surface area contributed by atoms with Gasteiger partial charge in [-0.15, -0.1) is 0 Å². The van der Waals surface area contributed by atoms with Gasteiger partial charge in [-0.05, 0) is 13.0 Å². The molecule has 1 rings (SSSR count). The number of rotatable bonds is 2. The average molecular weight is 182 g/mol. The van der Waals surface area contributed by atoms with E-state index in [0.29, 0.717) is 5.57 Å². The van der Waals surface area contributed by atoms with Crippen LogP contribution in [0.4, 0.5) is 0 Å². The molecule has 4 nitrogen and oxygen atoms in total. The summed E-state index contributed by atoms with van der Waals surface area (Å²) < 4.78 is 4.76. The number of aliphatic hydroxyl groups is 1. The lowest BCUT2D eigenvalue weighted by Crippen LogP contribution is -2.21. The molecule has 0 saturated carbocycles. The van der Waals surface area contributed by atoms with Crippen molar-refractivity contribution >= 4 is 11.6 Å². The Bertz CT molecular complexity index is 323. The van der Waals surface area contributed by atoms with Gasteiger partial charge in [-0.1, -0.05) is 0 Å². The SMILES string of the molecule is COC1=C(CO)C(=O)C=C(C)C1=O. The van der Waals surface area contributed by atoms with E-state index in [9.17, 15) is 9.59 Å². The Labute approximate surface area is 75.5 Å². The molecule has 0 amide bonds. The van der Waals surface area contributed by atoms with Gasteiger partial charge in [0, 0.05) is 5.57 Å². The molecule has 0 aromatic heterocycles. The van der Waals surface area contributed by atoms with Crippen molar-refractivity contribution < 1.29 is 19.4 Å². The van der Waals surface area contributed by atoms with Crippen molar-refractivity contribution in [3.8, 4) is 0 Å². The first-order valence-electron chi connectivity index (χ1n) is 3.77. The van der Waals surface area contributed by atoms with E-state index in [1.54, 1.807) is 0 Å². The minimum atomic E-state index is -0.475. The second-order valence-electron chi connectivity index (χ2n) is 2.69. The summed E-state index contributed by atoms with van der Waals surface area (Å²) >= 11 is 0. The van der Waals surface area contributed by atoms with E-state index >= 15 is 0 Å². The molecule has 70 valence electrons. The third-order valence-corrected chi connectivity index (χ3v) is 1.85. The van der Waals surface area contributed by atoms with Crippen LogP contribution in [-0.2, 0) is 14.3 Å². The van der Waals surface area contributed by atoms with Crippen LogP contribution in [0.25, 0.3) is 0 Å². The lowest BCUT2D eigenvalue weighted by atomic mass is 9.97. The van der Waals surface area contributed by atoms with Gasteiger partial charge in [0.05, 0.1) is 19.3 Å². The number of aliphatic hydroxyl groups excluding tert-OH is 1. The van der Waals surface area contributed by atoms with Crippen LogP contribution in [0.1, 0.15) is 6.92 Å². The molecule has 0 atom stereocenters. The zero-order valence-electron chi connectivity index (χ0n) is 7.46. The maximum absolute atomic E-state index is 11.4. The molecule has 0 fully saturated rings. The number of ether oxygens (including phenoxy) is 1. The topological polar surface area (TPSA) is 63.6 Å². The van der Waals surface area contributed by atoms with Crippen LogP contribution in [0.3, 0.4) is 0 Å². The normalized spacial score (nSPS) is 17.6. The van der Waals surface area contributed by atoms with Crippen LogP contribution in [0.15, 0.2) is 23.0 Å². The molecule has 4 heteroatoms. The number of Topliss-reactive ketones (excluding diaryl/α,β-unsaturated/α-hetero) is 1. The standard InChI is InChI=1S/C9H10O4/c1-5-3-7(11)6(4-10)9(13-2)8(5)12/h3,10H,4H2,1-2H3. The Balaban J connectivity index is 3.19. The summed E-state index contributed by atoms with van der Waals surface area (Å²) in [5.41, 5.74) is 0.358. The molecule has 1 aliphatic rings. The number of carbonyl (C=O) groups excluding carboxylic acids is 2. The highest BCUT2D eigenvalue weighted by Gasteiger charge is 2.26. The van der Waals surface area contributed by atoms with Gasteiger partial charge >= 0.3 is 0 Å². The zero-order valence-corrected chi connectivity index (χ0v) is 7.46. The molecule has 0 unspecified atom stereocenters. The molecule has 0 aliphatic heterocycles. The fourth-order valence-electron chi connectivity index (χ4n) is 1.14. The van der Waals surface area contributed by atoms with Crippen LogP contribution in [0.2, 0.25) is 0 Å². The van der Waals surface area contributed by atoms with Crippen molar-refractivity contribution in [1.29, 1.82) is 0 Å². The van der Waals surface area contributed by atoms with Crippen LogP contribution in [0, 0.1) is 0 Å². The smallest absolute Gasteiger partial charge is 0.223 e. The highest BCUT2D eigenvalue weighted by atomic mass is 16.5. The Kier molecular flexibility index (Phi) is 2.63. The summed E-state index contributed by atoms with van der Waals surface area (Å²) in [5.74, 6) is -0.755. The summed E-state index contributed by atoms with van der Waals surface area (Å²) in [7, 11) is 1.30. The largest absolute Gasteiger partial charge is 0.492 e. The molecule has 0 aromatic carbocycles. The summed E-state index contributed by atoms with van der Waals surface area (Å²) in [6, 6.07) is 0. The molecular weight excluding hydrogens is 172 g/mol. The van der Waals surface area contributed by atoms with Crippen LogP contribution < -0.4 is 0 Å². The minimum absolute atomic E-state index is 0.0260. The van der Waals surface area contributed by atoms with E-state index in [0.717, 1.165) is 0 Å². The highest BCUT2D eigenvalue weighted by Crippen LogP contribution is 2.18. The molecular formula is C9H10O4. The number of ketones is 2.